The Hall–Kier alpha value is -3.74. The van der Waals surface area contributed by atoms with E-state index in [1.165, 1.54) is 25.6 Å². The van der Waals surface area contributed by atoms with Crippen LogP contribution in [0.25, 0.3) is 11.0 Å². The van der Waals surface area contributed by atoms with Crippen LogP contribution in [-0.4, -0.2) is 27.8 Å². The van der Waals surface area contributed by atoms with Crippen molar-refractivity contribution in [3.63, 3.8) is 0 Å². The van der Waals surface area contributed by atoms with Crippen LogP contribution in [0.15, 0.2) is 54.9 Å². The fourth-order valence-electron chi connectivity index (χ4n) is 4.46. The van der Waals surface area contributed by atoms with Crippen molar-refractivity contribution < 1.29 is 13.9 Å². The fourth-order valence-corrected chi connectivity index (χ4v) is 4.46. The minimum absolute atomic E-state index is 0.0570. The second-order valence-corrected chi connectivity index (χ2v) is 8.07. The van der Waals surface area contributed by atoms with Crippen LogP contribution in [-0.2, 0) is 24.1 Å². The number of aryl methyl sites for hydroxylation is 1. The molecule has 5 rings (SSSR count). The number of aromatic nitrogens is 3. The third-order valence-corrected chi connectivity index (χ3v) is 6.07. The van der Waals surface area contributed by atoms with E-state index in [-0.39, 0.29) is 17.5 Å². The van der Waals surface area contributed by atoms with Gasteiger partial charge in [-0.05, 0) is 42.5 Å². The number of anilines is 2. The molecule has 0 spiro atoms. The molecule has 2 N–H and O–H groups in total. The molecule has 6 nitrogen and oxygen atoms in total. The number of hydrogen-bond donors (Lipinski definition) is 2. The SMILES string of the molecule is COc1ccc(F)cc1Nc1ncnc2[nH]c3c(c12)CC(C(=O)Cc1ccccc1)CC3. The van der Waals surface area contributed by atoms with Crippen LogP contribution >= 0.6 is 0 Å². The third-order valence-electron chi connectivity index (χ3n) is 6.07. The van der Waals surface area contributed by atoms with E-state index in [0.29, 0.717) is 35.7 Å². The van der Waals surface area contributed by atoms with Gasteiger partial charge in [-0.25, -0.2) is 14.4 Å². The summed E-state index contributed by atoms with van der Waals surface area (Å²) in [5.74, 6) is 0.889. The zero-order valence-corrected chi connectivity index (χ0v) is 17.7. The van der Waals surface area contributed by atoms with E-state index in [1.54, 1.807) is 6.07 Å². The molecule has 0 bridgehead atoms. The first-order valence-corrected chi connectivity index (χ1v) is 10.6. The molecule has 4 aromatic rings. The number of ether oxygens (including phenoxy) is 1. The zero-order chi connectivity index (χ0) is 22.1. The average molecular weight is 430 g/mol. The molecule has 0 amide bonds. The monoisotopic (exact) mass is 430 g/mol. The van der Waals surface area contributed by atoms with Crippen molar-refractivity contribution in [2.75, 3.05) is 12.4 Å². The number of nitrogens with one attached hydrogen (secondary N) is 2. The number of nitrogens with zero attached hydrogens (tertiary/aromatic N) is 2. The van der Waals surface area contributed by atoms with Crippen molar-refractivity contribution in [3.8, 4) is 5.75 Å². The van der Waals surface area contributed by atoms with Gasteiger partial charge in [0.05, 0.1) is 18.2 Å². The van der Waals surface area contributed by atoms with Crippen LogP contribution < -0.4 is 10.1 Å². The third kappa shape index (κ3) is 3.82. The summed E-state index contributed by atoms with van der Waals surface area (Å²) in [6.07, 6.45) is 4.12. The Labute approximate surface area is 184 Å². The molecule has 2 aromatic heterocycles. The lowest BCUT2D eigenvalue weighted by Gasteiger charge is -2.22. The molecule has 162 valence electrons. The maximum atomic E-state index is 13.9. The second kappa shape index (κ2) is 8.42. The topological polar surface area (TPSA) is 79.9 Å². The van der Waals surface area contributed by atoms with E-state index in [2.05, 4.69) is 20.3 Å². The first-order chi connectivity index (χ1) is 15.6. The highest BCUT2D eigenvalue weighted by Crippen LogP contribution is 2.37. The van der Waals surface area contributed by atoms with Crippen LogP contribution in [0, 0.1) is 11.7 Å². The number of ketones is 1. The van der Waals surface area contributed by atoms with Gasteiger partial charge in [0.25, 0.3) is 0 Å². The summed E-state index contributed by atoms with van der Waals surface area (Å²) in [6, 6.07) is 14.1. The van der Waals surface area contributed by atoms with Crippen LogP contribution in [0.5, 0.6) is 5.75 Å². The van der Waals surface area contributed by atoms with Crippen molar-refractivity contribution in [1.82, 2.24) is 15.0 Å². The van der Waals surface area contributed by atoms with E-state index in [1.807, 2.05) is 30.3 Å². The number of carbonyl (C=O) groups excluding carboxylic acids is 1. The molecule has 0 fully saturated rings. The first-order valence-electron chi connectivity index (χ1n) is 10.6. The zero-order valence-electron chi connectivity index (χ0n) is 17.7. The largest absolute Gasteiger partial charge is 0.495 e. The van der Waals surface area contributed by atoms with E-state index >= 15 is 0 Å². The lowest BCUT2D eigenvalue weighted by molar-refractivity contribution is -0.122. The van der Waals surface area contributed by atoms with E-state index in [9.17, 15) is 9.18 Å². The molecule has 1 aliphatic rings. The van der Waals surface area contributed by atoms with Crippen LogP contribution in [0.2, 0.25) is 0 Å². The average Bonchev–Trinajstić information content (AvgIpc) is 3.19. The quantitative estimate of drug-likeness (QED) is 0.461. The van der Waals surface area contributed by atoms with Gasteiger partial charge in [-0.1, -0.05) is 30.3 Å². The van der Waals surface area contributed by atoms with E-state index in [4.69, 9.17) is 4.74 Å². The Bertz CT molecular complexity index is 1290. The molecule has 32 heavy (non-hydrogen) atoms. The van der Waals surface area contributed by atoms with E-state index in [0.717, 1.165) is 35.0 Å². The number of Topliss-reactive ketones (excluding diaryl/α,β-unsaturated/α-hetero) is 1. The molecule has 1 aliphatic carbocycles. The van der Waals surface area contributed by atoms with Gasteiger partial charge in [0, 0.05) is 24.1 Å². The first kappa shape index (κ1) is 20.2. The summed E-state index contributed by atoms with van der Waals surface area (Å²) in [5, 5.41) is 4.05. The van der Waals surface area contributed by atoms with Crippen molar-refractivity contribution in [3.05, 3.63) is 77.5 Å². The summed E-state index contributed by atoms with van der Waals surface area (Å²) >= 11 is 0. The smallest absolute Gasteiger partial charge is 0.143 e. The second-order valence-electron chi connectivity index (χ2n) is 8.07. The number of H-pyrrole nitrogens is 1. The molecule has 2 heterocycles. The maximum absolute atomic E-state index is 13.9. The van der Waals surface area contributed by atoms with Crippen LogP contribution in [0.4, 0.5) is 15.9 Å². The molecule has 0 radical (unpaired) electrons. The number of methoxy groups -OCH3 is 1. The fraction of sp³-hybridized carbons (Fsp3) is 0.240. The van der Waals surface area contributed by atoms with Crippen molar-refractivity contribution in [2.45, 2.75) is 25.7 Å². The summed E-state index contributed by atoms with van der Waals surface area (Å²) < 4.78 is 19.2. The Kier molecular flexibility index (Phi) is 5.31. The van der Waals surface area contributed by atoms with Crippen molar-refractivity contribution >= 4 is 28.3 Å². The van der Waals surface area contributed by atoms with Gasteiger partial charge >= 0.3 is 0 Å². The Morgan fingerprint density at radius 1 is 1.22 bits per heavy atom. The normalized spacial score (nSPS) is 15.4. The number of aromatic amines is 1. The minimum Gasteiger partial charge on any atom is -0.495 e. The number of benzene rings is 2. The Morgan fingerprint density at radius 3 is 2.88 bits per heavy atom. The van der Waals surface area contributed by atoms with E-state index < -0.39 is 0 Å². The standard InChI is InChI=1S/C25H23FN4O2/c1-32-22-10-8-17(26)13-20(22)30-25-23-18-12-16(21(31)11-15-5-3-2-4-6-15)7-9-19(18)29-24(23)27-14-28-25/h2-6,8,10,13-14,16H,7,9,11-12H2,1H3,(H2,27,28,29,30). The summed E-state index contributed by atoms with van der Waals surface area (Å²) in [6.45, 7) is 0. The van der Waals surface area contributed by atoms with Crippen LogP contribution in [0.1, 0.15) is 23.2 Å². The van der Waals surface area contributed by atoms with Gasteiger partial charge in [-0.2, -0.15) is 0 Å². The number of halogens is 1. The molecule has 2 aromatic carbocycles. The lowest BCUT2D eigenvalue weighted by Crippen LogP contribution is -2.24. The lowest BCUT2D eigenvalue weighted by atomic mass is 9.82. The number of carbonyl (C=O) groups is 1. The van der Waals surface area contributed by atoms with Gasteiger partial charge in [0.2, 0.25) is 0 Å². The summed E-state index contributed by atoms with van der Waals surface area (Å²) in [5.41, 5.74) is 4.36. The molecule has 7 heteroatoms. The summed E-state index contributed by atoms with van der Waals surface area (Å²) in [7, 11) is 1.54. The van der Waals surface area contributed by atoms with Gasteiger partial charge < -0.3 is 15.0 Å². The predicted molar refractivity (Wildman–Crippen MR) is 121 cm³/mol. The molecule has 0 aliphatic heterocycles. The maximum Gasteiger partial charge on any atom is 0.143 e. The highest BCUT2D eigenvalue weighted by atomic mass is 19.1. The Morgan fingerprint density at radius 2 is 2.06 bits per heavy atom. The highest BCUT2D eigenvalue weighted by molar-refractivity contribution is 5.94. The Balaban J connectivity index is 1.47. The molecule has 1 atom stereocenters. The number of rotatable bonds is 6. The molecule has 1 unspecified atom stereocenters. The summed E-state index contributed by atoms with van der Waals surface area (Å²) in [4.78, 5) is 25.2. The predicted octanol–water partition coefficient (Wildman–Crippen LogP) is 4.77. The van der Waals surface area contributed by atoms with Gasteiger partial charge in [0.15, 0.2) is 0 Å². The van der Waals surface area contributed by atoms with Gasteiger partial charge in [0.1, 0.15) is 35.1 Å². The van der Waals surface area contributed by atoms with Crippen LogP contribution in [0.3, 0.4) is 0 Å². The van der Waals surface area contributed by atoms with Gasteiger partial charge in [-0.3, -0.25) is 4.79 Å². The number of fused-ring (bicyclic) bond motifs is 3. The van der Waals surface area contributed by atoms with Gasteiger partial charge in [-0.15, -0.1) is 0 Å². The minimum atomic E-state index is -0.374. The highest BCUT2D eigenvalue weighted by Gasteiger charge is 2.29. The van der Waals surface area contributed by atoms with Crippen molar-refractivity contribution in [1.29, 1.82) is 0 Å². The molecule has 0 saturated carbocycles. The molecular weight excluding hydrogens is 407 g/mol. The molecular formula is C25H23FN4O2. The number of hydrogen-bond acceptors (Lipinski definition) is 5. The van der Waals surface area contributed by atoms with Crippen molar-refractivity contribution in [2.24, 2.45) is 5.92 Å². The molecule has 0 saturated heterocycles.